The normalized spacial score (nSPS) is 13.0. The fourth-order valence-electron chi connectivity index (χ4n) is 2.72. The molecule has 0 bridgehead atoms. The van der Waals surface area contributed by atoms with Crippen LogP contribution in [-0.2, 0) is 6.18 Å². The van der Waals surface area contributed by atoms with Crippen molar-refractivity contribution in [2.24, 2.45) is 5.73 Å². The van der Waals surface area contributed by atoms with Crippen molar-refractivity contribution in [3.05, 3.63) is 64.1 Å². The van der Waals surface area contributed by atoms with Crippen LogP contribution < -0.4 is 16.8 Å². The SMILES string of the molecule is NC(CNc1nnc(-c2ccc3[nH]c(=O)oc3c2)s1)c1ccc(C(F)(F)F)cc1. The Morgan fingerprint density at radius 3 is 2.66 bits per heavy atom. The molecule has 0 aliphatic carbocycles. The monoisotopic (exact) mass is 421 g/mol. The number of alkyl halides is 3. The fourth-order valence-corrected chi connectivity index (χ4v) is 3.47. The number of halogens is 3. The average molecular weight is 421 g/mol. The minimum Gasteiger partial charge on any atom is -0.408 e. The number of oxazole rings is 1. The molecule has 11 heteroatoms. The number of nitrogens with two attached hydrogens (primary N) is 1. The van der Waals surface area contributed by atoms with Crippen LogP contribution in [0.5, 0.6) is 0 Å². The lowest BCUT2D eigenvalue weighted by Crippen LogP contribution is -2.20. The maximum Gasteiger partial charge on any atom is 0.417 e. The Bertz CT molecular complexity index is 1200. The van der Waals surface area contributed by atoms with Crippen LogP contribution in [-0.4, -0.2) is 21.7 Å². The summed E-state index contributed by atoms with van der Waals surface area (Å²) in [4.78, 5) is 13.8. The van der Waals surface area contributed by atoms with E-state index < -0.39 is 23.5 Å². The Labute approximate surface area is 165 Å². The van der Waals surface area contributed by atoms with Gasteiger partial charge in [0.1, 0.15) is 5.01 Å². The lowest BCUT2D eigenvalue weighted by atomic mass is 10.1. The molecule has 2 heterocycles. The molecule has 4 N–H and O–H groups in total. The Morgan fingerprint density at radius 2 is 1.93 bits per heavy atom. The molecule has 0 saturated carbocycles. The largest absolute Gasteiger partial charge is 0.417 e. The molecule has 0 amide bonds. The van der Waals surface area contributed by atoms with E-state index in [-0.39, 0.29) is 6.54 Å². The summed E-state index contributed by atoms with van der Waals surface area (Å²) in [5, 5.41) is 12.3. The number of H-pyrrole nitrogens is 1. The molecular formula is C18H14F3N5O2S. The third kappa shape index (κ3) is 4.15. The van der Waals surface area contributed by atoms with Crippen molar-refractivity contribution in [2.45, 2.75) is 12.2 Å². The highest BCUT2D eigenvalue weighted by molar-refractivity contribution is 7.18. The van der Waals surface area contributed by atoms with Crippen LogP contribution >= 0.6 is 11.3 Å². The molecule has 0 spiro atoms. The van der Waals surface area contributed by atoms with Crippen LogP contribution in [0.25, 0.3) is 21.7 Å². The first-order valence-corrected chi connectivity index (χ1v) is 9.24. The van der Waals surface area contributed by atoms with Crippen LogP contribution in [0.2, 0.25) is 0 Å². The topological polar surface area (TPSA) is 110 Å². The predicted molar refractivity (Wildman–Crippen MR) is 103 cm³/mol. The zero-order valence-corrected chi connectivity index (χ0v) is 15.5. The van der Waals surface area contributed by atoms with Gasteiger partial charge in [0.05, 0.1) is 11.1 Å². The number of hydrogen-bond acceptors (Lipinski definition) is 7. The number of aromatic amines is 1. The third-order valence-corrected chi connectivity index (χ3v) is 5.16. The van der Waals surface area contributed by atoms with Crippen molar-refractivity contribution >= 4 is 27.6 Å². The van der Waals surface area contributed by atoms with E-state index in [2.05, 4.69) is 20.5 Å². The number of hydrogen-bond donors (Lipinski definition) is 3. The minimum atomic E-state index is -4.38. The molecule has 1 unspecified atom stereocenters. The van der Waals surface area contributed by atoms with E-state index in [0.717, 1.165) is 17.7 Å². The standard InChI is InChI=1S/C18H14F3N5O2S/c19-18(20,21)11-4-1-9(2-5-11)12(22)8-23-16-26-25-15(29-16)10-3-6-13-14(7-10)28-17(27)24-13/h1-7,12H,8,22H2,(H,23,26)(H,24,27). The van der Waals surface area contributed by atoms with E-state index in [4.69, 9.17) is 10.2 Å². The summed E-state index contributed by atoms with van der Waals surface area (Å²) in [5.74, 6) is -0.533. The number of nitrogens with zero attached hydrogens (tertiary/aromatic N) is 2. The Balaban J connectivity index is 1.42. The Morgan fingerprint density at radius 1 is 1.17 bits per heavy atom. The van der Waals surface area contributed by atoms with Crippen molar-refractivity contribution in [3.8, 4) is 10.6 Å². The summed E-state index contributed by atoms with van der Waals surface area (Å²) >= 11 is 1.28. The van der Waals surface area contributed by atoms with Gasteiger partial charge in [-0.1, -0.05) is 23.5 Å². The number of nitrogens with one attached hydrogen (secondary N) is 2. The fraction of sp³-hybridized carbons (Fsp3) is 0.167. The smallest absolute Gasteiger partial charge is 0.408 e. The average Bonchev–Trinajstić information content (AvgIpc) is 3.30. The van der Waals surface area contributed by atoms with Gasteiger partial charge in [-0.25, -0.2) is 4.79 Å². The Kier molecular flexibility index (Phi) is 4.84. The molecule has 2 aromatic carbocycles. The van der Waals surface area contributed by atoms with Crippen molar-refractivity contribution in [3.63, 3.8) is 0 Å². The van der Waals surface area contributed by atoms with Crippen molar-refractivity contribution < 1.29 is 17.6 Å². The molecule has 0 aliphatic rings. The summed E-state index contributed by atoms with van der Waals surface area (Å²) in [6.45, 7) is 0.270. The first kappa shape index (κ1) is 19.2. The number of fused-ring (bicyclic) bond motifs is 1. The maximum atomic E-state index is 12.6. The van der Waals surface area contributed by atoms with Gasteiger partial charge < -0.3 is 15.5 Å². The van der Waals surface area contributed by atoms with E-state index >= 15 is 0 Å². The number of anilines is 1. The molecule has 0 saturated heterocycles. The second kappa shape index (κ2) is 7.33. The molecule has 4 rings (SSSR count). The number of benzene rings is 2. The molecular weight excluding hydrogens is 407 g/mol. The first-order valence-electron chi connectivity index (χ1n) is 8.43. The van der Waals surface area contributed by atoms with Gasteiger partial charge in [0.15, 0.2) is 5.58 Å². The van der Waals surface area contributed by atoms with Crippen LogP contribution in [0.15, 0.2) is 51.7 Å². The van der Waals surface area contributed by atoms with E-state index in [9.17, 15) is 18.0 Å². The van der Waals surface area contributed by atoms with Crippen LogP contribution in [0.4, 0.5) is 18.3 Å². The van der Waals surface area contributed by atoms with E-state index in [1.54, 1.807) is 18.2 Å². The summed E-state index contributed by atoms with van der Waals surface area (Å²) in [5.41, 5.74) is 7.65. The van der Waals surface area contributed by atoms with Gasteiger partial charge in [0, 0.05) is 18.2 Å². The van der Waals surface area contributed by atoms with Crippen LogP contribution in [0, 0.1) is 0 Å². The molecule has 7 nitrogen and oxygen atoms in total. The molecule has 0 aliphatic heterocycles. The molecule has 0 radical (unpaired) electrons. The van der Waals surface area contributed by atoms with E-state index in [1.165, 1.54) is 23.5 Å². The lowest BCUT2D eigenvalue weighted by molar-refractivity contribution is -0.137. The van der Waals surface area contributed by atoms with Gasteiger partial charge in [-0.15, -0.1) is 10.2 Å². The third-order valence-electron chi connectivity index (χ3n) is 4.23. The zero-order chi connectivity index (χ0) is 20.6. The molecule has 150 valence electrons. The molecule has 0 fully saturated rings. The van der Waals surface area contributed by atoms with Gasteiger partial charge in [-0.3, -0.25) is 4.98 Å². The summed E-state index contributed by atoms with van der Waals surface area (Å²) in [6, 6.07) is 9.40. The first-order chi connectivity index (χ1) is 13.8. The van der Waals surface area contributed by atoms with Gasteiger partial charge in [-0.2, -0.15) is 13.2 Å². The zero-order valence-electron chi connectivity index (χ0n) is 14.7. The van der Waals surface area contributed by atoms with E-state index in [0.29, 0.717) is 26.8 Å². The number of aromatic nitrogens is 3. The van der Waals surface area contributed by atoms with Gasteiger partial charge in [0.25, 0.3) is 0 Å². The summed E-state index contributed by atoms with van der Waals surface area (Å²) in [7, 11) is 0. The number of rotatable bonds is 5. The van der Waals surface area contributed by atoms with Crippen LogP contribution in [0.1, 0.15) is 17.2 Å². The minimum absolute atomic E-state index is 0.270. The maximum absolute atomic E-state index is 12.6. The highest BCUT2D eigenvalue weighted by Crippen LogP contribution is 2.30. The molecule has 2 aromatic heterocycles. The van der Waals surface area contributed by atoms with Gasteiger partial charge in [-0.05, 0) is 35.9 Å². The van der Waals surface area contributed by atoms with Crippen molar-refractivity contribution in [1.82, 2.24) is 15.2 Å². The molecule has 4 aromatic rings. The van der Waals surface area contributed by atoms with Crippen molar-refractivity contribution in [1.29, 1.82) is 0 Å². The van der Waals surface area contributed by atoms with Gasteiger partial charge in [0.2, 0.25) is 5.13 Å². The molecule has 1 atom stereocenters. The summed E-state index contributed by atoms with van der Waals surface area (Å²) in [6.07, 6.45) is -4.38. The second-order valence-corrected chi connectivity index (χ2v) is 7.22. The van der Waals surface area contributed by atoms with Gasteiger partial charge >= 0.3 is 11.9 Å². The molecule has 29 heavy (non-hydrogen) atoms. The summed E-state index contributed by atoms with van der Waals surface area (Å²) < 4.78 is 43.0. The highest BCUT2D eigenvalue weighted by Gasteiger charge is 2.30. The highest BCUT2D eigenvalue weighted by atomic mass is 32.1. The van der Waals surface area contributed by atoms with Crippen LogP contribution in [0.3, 0.4) is 0 Å². The van der Waals surface area contributed by atoms with Crippen molar-refractivity contribution in [2.75, 3.05) is 11.9 Å². The predicted octanol–water partition coefficient (Wildman–Crippen LogP) is 3.77. The quantitative estimate of drug-likeness (QED) is 0.453. The Hall–Kier alpha value is -3.18. The lowest BCUT2D eigenvalue weighted by Gasteiger charge is -2.13. The second-order valence-electron chi connectivity index (χ2n) is 6.24. The van der Waals surface area contributed by atoms with E-state index in [1.807, 2.05) is 0 Å².